The van der Waals surface area contributed by atoms with Gasteiger partial charge in [-0.05, 0) is 5.56 Å². The summed E-state index contributed by atoms with van der Waals surface area (Å²) in [5, 5.41) is 3.42. The molecule has 0 amide bonds. The molecule has 2 nitrogen and oxygen atoms in total. The summed E-state index contributed by atoms with van der Waals surface area (Å²) < 4.78 is 0. The van der Waals surface area contributed by atoms with Gasteiger partial charge in [0, 0.05) is 18.6 Å². The Hall–Kier alpha value is -0.860. The fourth-order valence-corrected chi connectivity index (χ4v) is 1.39. The third-order valence-corrected chi connectivity index (χ3v) is 1.97. The predicted molar refractivity (Wildman–Crippen MR) is 56.5 cm³/mol. The third kappa shape index (κ3) is 3.17. The molecule has 0 aliphatic heterocycles. The molecule has 0 saturated carbocycles. The minimum Gasteiger partial charge on any atom is -0.329 e. The van der Waals surface area contributed by atoms with Crippen LogP contribution in [-0.4, -0.2) is 12.6 Å². The molecule has 72 valence electrons. The van der Waals surface area contributed by atoms with E-state index in [4.69, 9.17) is 5.73 Å². The third-order valence-electron chi connectivity index (χ3n) is 1.97. The van der Waals surface area contributed by atoms with Crippen molar-refractivity contribution in [1.29, 1.82) is 0 Å². The number of benzene rings is 1. The second-order valence-corrected chi connectivity index (χ2v) is 3.52. The van der Waals surface area contributed by atoms with Crippen LogP contribution in [0.25, 0.3) is 0 Å². The molecular formula is C11H18N2. The molecule has 1 aromatic rings. The first-order valence-corrected chi connectivity index (χ1v) is 4.75. The summed E-state index contributed by atoms with van der Waals surface area (Å²) in [4.78, 5) is 0. The quantitative estimate of drug-likeness (QED) is 0.736. The Morgan fingerprint density at radius 2 is 1.85 bits per heavy atom. The molecule has 0 spiro atoms. The van der Waals surface area contributed by atoms with Crippen molar-refractivity contribution in [2.45, 2.75) is 25.9 Å². The summed E-state index contributed by atoms with van der Waals surface area (Å²) in [6.45, 7) is 4.90. The molecular weight excluding hydrogens is 160 g/mol. The maximum absolute atomic E-state index is 5.69. The van der Waals surface area contributed by atoms with Crippen molar-refractivity contribution in [1.82, 2.24) is 5.32 Å². The highest BCUT2D eigenvalue weighted by Crippen LogP contribution is 2.11. The van der Waals surface area contributed by atoms with Gasteiger partial charge in [0.05, 0.1) is 0 Å². The number of hydrogen-bond acceptors (Lipinski definition) is 2. The first-order valence-electron chi connectivity index (χ1n) is 4.75. The van der Waals surface area contributed by atoms with Gasteiger partial charge >= 0.3 is 0 Å². The van der Waals surface area contributed by atoms with Crippen LogP contribution in [0.4, 0.5) is 0 Å². The highest BCUT2D eigenvalue weighted by molar-refractivity contribution is 5.19. The summed E-state index contributed by atoms with van der Waals surface area (Å²) >= 11 is 0. The highest BCUT2D eigenvalue weighted by atomic mass is 15.0. The van der Waals surface area contributed by atoms with Crippen molar-refractivity contribution in [3.05, 3.63) is 35.9 Å². The molecule has 0 unspecified atom stereocenters. The molecule has 0 bridgehead atoms. The second kappa shape index (κ2) is 5.00. The summed E-state index contributed by atoms with van der Waals surface area (Å²) in [6.07, 6.45) is 0. The fourth-order valence-electron chi connectivity index (χ4n) is 1.39. The molecule has 1 atom stereocenters. The SMILES string of the molecule is CC(C)N[C@@H](CN)c1ccccc1. The lowest BCUT2D eigenvalue weighted by Gasteiger charge is -2.19. The lowest BCUT2D eigenvalue weighted by molar-refractivity contribution is 0.484. The molecule has 0 saturated heterocycles. The minimum absolute atomic E-state index is 0.279. The van der Waals surface area contributed by atoms with Crippen molar-refractivity contribution in [2.75, 3.05) is 6.54 Å². The topological polar surface area (TPSA) is 38.0 Å². The van der Waals surface area contributed by atoms with Gasteiger partial charge in [0.15, 0.2) is 0 Å². The zero-order valence-electron chi connectivity index (χ0n) is 8.33. The average molecular weight is 178 g/mol. The lowest BCUT2D eigenvalue weighted by Crippen LogP contribution is -2.33. The van der Waals surface area contributed by atoms with Crippen molar-refractivity contribution in [2.24, 2.45) is 5.73 Å². The first kappa shape index (κ1) is 10.2. The van der Waals surface area contributed by atoms with Gasteiger partial charge in [-0.15, -0.1) is 0 Å². The van der Waals surface area contributed by atoms with Crippen LogP contribution >= 0.6 is 0 Å². The largest absolute Gasteiger partial charge is 0.329 e. The summed E-state index contributed by atoms with van der Waals surface area (Å²) in [5.41, 5.74) is 6.95. The van der Waals surface area contributed by atoms with Gasteiger partial charge in [0.1, 0.15) is 0 Å². The van der Waals surface area contributed by atoms with E-state index in [1.165, 1.54) is 5.56 Å². The van der Waals surface area contributed by atoms with Crippen LogP contribution in [-0.2, 0) is 0 Å². The van der Waals surface area contributed by atoms with E-state index in [1.54, 1.807) is 0 Å². The van der Waals surface area contributed by atoms with E-state index in [0.717, 1.165) is 0 Å². The number of nitrogens with two attached hydrogens (primary N) is 1. The Morgan fingerprint density at radius 1 is 1.23 bits per heavy atom. The minimum atomic E-state index is 0.279. The van der Waals surface area contributed by atoms with Gasteiger partial charge in [0.2, 0.25) is 0 Å². The standard InChI is InChI=1S/C11H18N2/c1-9(2)13-11(8-12)10-6-4-3-5-7-10/h3-7,9,11,13H,8,12H2,1-2H3/t11-/m0/s1. The van der Waals surface area contributed by atoms with Gasteiger partial charge in [-0.25, -0.2) is 0 Å². The van der Waals surface area contributed by atoms with Crippen molar-refractivity contribution in [3.63, 3.8) is 0 Å². The zero-order chi connectivity index (χ0) is 9.68. The molecule has 1 aromatic carbocycles. The van der Waals surface area contributed by atoms with Crippen LogP contribution in [0.1, 0.15) is 25.5 Å². The molecule has 0 heterocycles. The van der Waals surface area contributed by atoms with Crippen LogP contribution < -0.4 is 11.1 Å². The Labute approximate surface area is 80.1 Å². The molecule has 0 aliphatic rings. The maximum Gasteiger partial charge on any atom is 0.0446 e. The van der Waals surface area contributed by atoms with E-state index < -0.39 is 0 Å². The number of hydrogen-bond donors (Lipinski definition) is 2. The highest BCUT2D eigenvalue weighted by Gasteiger charge is 2.08. The number of rotatable bonds is 4. The van der Waals surface area contributed by atoms with E-state index >= 15 is 0 Å². The molecule has 0 aliphatic carbocycles. The van der Waals surface area contributed by atoms with Gasteiger partial charge in [-0.2, -0.15) is 0 Å². The van der Waals surface area contributed by atoms with Gasteiger partial charge in [-0.1, -0.05) is 44.2 Å². The fraction of sp³-hybridized carbons (Fsp3) is 0.455. The van der Waals surface area contributed by atoms with Crippen molar-refractivity contribution in [3.8, 4) is 0 Å². The van der Waals surface area contributed by atoms with Crippen molar-refractivity contribution < 1.29 is 0 Å². The zero-order valence-corrected chi connectivity index (χ0v) is 8.33. The monoisotopic (exact) mass is 178 g/mol. The van der Waals surface area contributed by atoms with Crippen LogP contribution in [0, 0.1) is 0 Å². The summed E-state index contributed by atoms with van der Waals surface area (Å²) in [6, 6.07) is 11.1. The van der Waals surface area contributed by atoms with Crippen LogP contribution in [0.2, 0.25) is 0 Å². The van der Waals surface area contributed by atoms with Gasteiger partial charge in [-0.3, -0.25) is 0 Å². The van der Waals surface area contributed by atoms with Crippen LogP contribution in [0.3, 0.4) is 0 Å². The van der Waals surface area contributed by atoms with Crippen LogP contribution in [0.15, 0.2) is 30.3 Å². The van der Waals surface area contributed by atoms with Gasteiger partial charge in [0.25, 0.3) is 0 Å². The molecule has 2 heteroatoms. The Bertz CT molecular complexity index is 231. The van der Waals surface area contributed by atoms with Crippen molar-refractivity contribution >= 4 is 0 Å². The molecule has 0 aromatic heterocycles. The van der Waals surface area contributed by atoms with E-state index in [9.17, 15) is 0 Å². The Balaban J connectivity index is 2.67. The number of nitrogens with one attached hydrogen (secondary N) is 1. The molecule has 0 fully saturated rings. The molecule has 13 heavy (non-hydrogen) atoms. The molecule has 0 radical (unpaired) electrons. The van der Waals surface area contributed by atoms with E-state index in [-0.39, 0.29) is 6.04 Å². The average Bonchev–Trinajstić information content (AvgIpc) is 2.15. The summed E-state index contributed by atoms with van der Waals surface area (Å²) in [5.74, 6) is 0. The molecule has 1 rings (SSSR count). The van der Waals surface area contributed by atoms with E-state index in [0.29, 0.717) is 12.6 Å². The van der Waals surface area contributed by atoms with E-state index in [1.807, 2.05) is 18.2 Å². The normalized spacial score (nSPS) is 13.2. The Kier molecular flexibility index (Phi) is 3.93. The lowest BCUT2D eigenvalue weighted by atomic mass is 10.1. The van der Waals surface area contributed by atoms with Crippen LogP contribution in [0.5, 0.6) is 0 Å². The predicted octanol–water partition coefficient (Wildman–Crippen LogP) is 1.68. The maximum atomic E-state index is 5.69. The van der Waals surface area contributed by atoms with Gasteiger partial charge < -0.3 is 11.1 Å². The molecule has 3 N–H and O–H groups in total. The second-order valence-electron chi connectivity index (χ2n) is 3.52. The summed E-state index contributed by atoms with van der Waals surface area (Å²) in [7, 11) is 0. The smallest absolute Gasteiger partial charge is 0.0446 e. The Morgan fingerprint density at radius 3 is 2.31 bits per heavy atom. The first-order chi connectivity index (χ1) is 6.24. The van der Waals surface area contributed by atoms with E-state index in [2.05, 4.69) is 31.3 Å².